The molecule has 0 bridgehead atoms. The van der Waals surface area contributed by atoms with E-state index in [1.54, 1.807) is 7.11 Å². The van der Waals surface area contributed by atoms with Gasteiger partial charge in [0.25, 0.3) is 0 Å². The Kier molecular flexibility index (Phi) is 3.66. The Morgan fingerprint density at radius 1 is 0.938 bits per heavy atom. The zero-order valence-electron chi connectivity index (χ0n) is 9.44. The summed E-state index contributed by atoms with van der Waals surface area (Å²) in [6, 6.07) is 16.8. The fraction of sp³-hybridized carbons (Fsp3) is 0.143. The van der Waals surface area contributed by atoms with E-state index < -0.39 is 0 Å². The summed E-state index contributed by atoms with van der Waals surface area (Å²) < 4.78 is 8.13. The van der Waals surface area contributed by atoms with Gasteiger partial charge in [-0.1, -0.05) is 0 Å². The van der Waals surface area contributed by atoms with Crippen LogP contribution in [0, 0.1) is 6.92 Å². The second kappa shape index (κ2) is 5.20. The van der Waals surface area contributed by atoms with Crippen molar-refractivity contribution in [1.29, 1.82) is 0 Å². The van der Waals surface area contributed by atoms with E-state index >= 15 is 0 Å². The molecular formula is C14H14OSe. The van der Waals surface area contributed by atoms with Gasteiger partial charge in [0.2, 0.25) is 0 Å². The van der Waals surface area contributed by atoms with Crippen molar-refractivity contribution in [2.75, 3.05) is 7.11 Å². The first kappa shape index (κ1) is 11.3. The number of aryl methyl sites for hydroxylation is 1. The van der Waals surface area contributed by atoms with Crippen LogP contribution in [0.3, 0.4) is 0 Å². The summed E-state index contributed by atoms with van der Waals surface area (Å²) in [4.78, 5) is 0. The maximum atomic E-state index is 5.41. The van der Waals surface area contributed by atoms with E-state index in [2.05, 4.69) is 43.3 Å². The average Bonchev–Trinajstić information content (AvgIpc) is 2.33. The Labute approximate surface area is 103 Å². The molecule has 0 heterocycles. The van der Waals surface area contributed by atoms with E-state index in [0.717, 1.165) is 5.75 Å². The Morgan fingerprint density at radius 3 is 2.38 bits per heavy atom. The van der Waals surface area contributed by atoms with Crippen molar-refractivity contribution in [3.63, 3.8) is 0 Å². The summed E-state index contributed by atoms with van der Waals surface area (Å²) in [5.74, 6) is 1.00. The van der Waals surface area contributed by atoms with E-state index in [0.29, 0.717) is 15.0 Å². The molecule has 0 radical (unpaired) electrons. The average molecular weight is 277 g/mol. The molecule has 0 amide bonds. The summed E-state index contributed by atoms with van der Waals surface area (Å²) in [7, 11) is 1.74. The molecule has 2 rings (SSSR count). The van der Waals surface area contributed by atoms with Crippen molar-refractivity contribution < 1.29 is 4.74 Å². The Morgan fingerprint density at radius 2 is 1.69 bits per heavy atom. The molecule has 0 aromatic heterocycles. The van der Waals surface area contributed by atoms with Crippen LogP contribution in [-0.2, 0) is 0 Å². The van der Waals surface area contributed by atoms with Crippen LogP contribution < -0.4 is 13.7 Å². The molecule has 16 heavy (non-hydrogen) atoms. The second-order valence-electron chi connectivity index (χ2n) is 3.52. The zero-order valence-corrected chi connectivity index (χ0v) is 11.1. The maximum absolute atomic E-state index is 5.41. The number of ether oxygens (including phenoxy) is 1. The predicted molar refractivity (Wildman–Crippen MR) is 69.2 cm³/mol. The van der Waals surface area contributed by atoms with Gasteiger partial charge in [0.1, 0.15) is 0 Å². The molecule has 0 aliphatic heterocycles. The molecule has 1 nitrogen and oxygen atoms in total. The molecule has 0 saturated heterocycles. The van der Waals surface area contributed by atoms with Crippen molar-refractivity contribution in [2.24, 2.45) is 0 Å². The minimum absolute atomic E-state index is 0.317. The first-order valence-electron chi connectivity index (χ1n) is 5.18. The van der Waals surface area contributed by atoms with Crippen LogP contribution in [0.25, 0.3) is 0 Å². The van der Waals surface area contributed by atoms with Gasteiger partial charge in [-0.3, -0.25) is 0 Å². The number of rotatable bonds is 3. The van der Waals surface area contributed by atoms with Gasteiger partial charge in [-0.15, -0.1) is 0 Å². The third-order valence-corrected chi connectivity index (χ3v) is 4.95. The molecule has 0 fully saturated rings. The van der Waals surface area contributed by atoms with Crippen molar-refractivity contribution >= 4 is 23.9 Å². The Balaban J connectivity index is 2.34. The van der Waals surface area contributed by atoms with Crippen LogP contribution in [0.1, 0.15) is 5.56 Å². The Bertz CT molecular complexity index is 465. The van der Waals surface area contributed by atoms with E-state index in [9.17, 15) is 0 Å². The van der Waals surface area contributed by atoms with Crippen molar-refractivity contribution in [2.45, 2.75) is 6.92 Å². The van der Waals surface area contributed by atoms with Crippen LogP contribution in [0.4, 0.5) is 0 Å². The van der Waals surface area contributed by atoms with E-state index in [4.69, 9.17) is 4.74 Å². The molecule has 0 aliphatic rings. The number of hydrogen-bond acceptors (Lipinski definition) is 1. The minimum atomic E-state index is 0.317. The first-order valence-corrected chi connectivity index (χ1v) is 6.89. The van der Waals surface area contributed by atoms with Crippen LogP contribution in [-0.4, -0.2) is 22.1 Å². The summed E-state index contributed by atoms with van der Waals surface area (Å²) in [6.45, 7) is 2.14. The molecule has 0 unspecified atom stereocenters. The van der Waals surface area contributed by atoms with Crippen LogP contribution in [0.15, 0.2) is 48.5 Å². The van der Waals surface area contributed by atoms with E-state index in [-0.39, 0.29) is 0 Å². The fourth-order valence-corrected chi connectivity index (χ4v) is 3.64. The zero-order chi connectivity index (χ0) is 11.4. The van der Waals surface area contributed by atoms with Gasteiger partial charge in [0, 0.05) is 0 Å². The summed E-state index contributed by atoms with van der Waals surface area (Å²) in [5, 5.41) is 0. The van der Waals surface area contributed by atoms with Crippen molar-refractivity contribution in [1.82, 2.24) is 0 Å². The topological polar surface area (TPSA) is 9.23 Å². The monoisotopic (exact) mass is 278 g/mol. The second-order valence-corrected chi connectivity index (χ2v) is 5.80. The summed E-state index contributed by atoms with van der Waals surface area (Å²) in [6.07, 6.45) is 0. The standard InChI is InChI=1S/C14H14OSe/c1-11-7-6-10-13(15-2)14(11)16-12-8-4-3-5-9-12/h3-10H,1-2H3. The van der Waals surface area contributed by atoms with Gasteiger partial charge in [-0.2, -0.15) is 0 Å². The van der Waals surface area contributed by atoms with E-state index in [1.165, 1.54) is 14.5 Å². The van der Waals surface area contributed by atoms with Crippen LogP contribution in [0.5, 0.6) is 5.75 Å². The number of hydrogen-bond donors (Lipinski definition) is 0. The normalized spacial score (nSPS) is 10.1. The van der Waals surface area contributed by atoms with Gasteiger partial charge in [0.05, 0.1) is 0 Å². The number of benzene rings is 2. The molecule has 0 aliphatic carbocycles. The molecular weight excluding hydrogens is 263 g/mol. The van der Waals surface area contributed by atoms with Crippen LogP contribution >= 0.6 is 0 Å². The van der Waals surface area contributed by atoms with E-state index in [1.807, 2.05) is 12.1 Å². The van der Waals surface area contributed by atoms with Gasteiger partial charge in [0.15, 0.2) is 0 Å². The molecule has 2 aromatic rings. The van der Waals surface area contributed by atoms with Crippen molar-refractivity contribution in [3.8, 4) is 5.75 Å². The van der Waals surface area contributed by atoms with Gasteiger partial charge < -0.3 is 0 Å². The Hall–Kier alpha value is -1.24. The summed E-state index contributed by atoms with van der Waals surface area (Å²) in [5.41, 5.74) is 1.31. The molecule has 82 valence electrons. The van der Waals surface area contributed by atoms with Crippen LogP contribution in [0.2, 0.25) is 0 Å². The predicted octanol–water partition coefficient (Wildman–Crippen LogP) is 1.66. The summed E-state index contributed by atoms with van der Waals surface area (Å²) >= 11 is 0.317. The molecule has 2 aromatic carbocycles. The SMILES string of the molecule is COc1cccc(C)c1[Se]c1ccccc1. The first-order chi connectivity index (χ1) is 7.81. The third-order valence-electron chi connectivity index (χ3n) is 2.36. The molecule has 2 heteroatoms. The number of methoxy groups -OCH3 is 1. The fourth-order valence-electron chi connectivity index (χ4n) is 1.52. The van der Waals surface area contributed by atoms with Crippen molar-refractivity contribution in [3.05, 3.63) is 54.1 Å². The van der Waals surface area contributed by atoms with Gasteiger partial charge in [-0.25, -0.2) is 0 Å². The molecule has 0 saturated carbocycles. The molecule has 0 atom stereocenters. The molecule has 0 spiro atoms. The quantitative estimate of drug-likeness (QED) is 0.775. The van der Waals surface area contributed by atoms with Gasteiger partial charge in [-0.05, 0) is 0 Å². The van der Waals surface area contributed by atoms with Gasteiger partial charge >= 0.3 is 102 Å². The molecule has 0 N–H and O–H groups in total. The third kappa shape index (κ3) is 2.46.